The van der Waals surface area contributed by atoms with Gasteiger partial charge in [0.15, 0.2) is 0 Å². The van der Waals surface area contributed by atoms with Crippen molar-refractivity contribution < 1.29 is 36.0 Å². The molecule has 30 heavy (non-hydrogen) atoms. The molecular formula is C18H14F3N3O5S. The zero-order valence-electron chi connectivity index (χ0n) is 15.2. The van der Waals surface area contributed by atoms with Crippen LogP contribution in [0.5, 0.6) is 0 Å². The van der Waals surface area contributed by atoms with Crippen LogP contribution in [0.1, 0.15) is 12.5 Å². The summed E-state index contributed by atoms with van der Waals surface area (Å²) in [5.74, 6) is -1.23. The van der Waals surface area contributed by atoms with Gasteiger partial charge in [0.2, 0.25) is 15.8 Å². The monoisotopic (exact) mass is 441 g/mol. The number of nitrogens with one attached hydrogen (secondary N) is 1. The van der Waals surface area contributed by atoms with E-state index in [-0.39, 0.29) is 16.6 Å². The maximum Gasteiger partial charge on any atom is 0.416 e. The number of halogens is 3. The first kappa shape index (κ1) is 21.5. The molecule has 0 aliphatic heterocycles. The molecule has 2 N–H and O–H groups in total. The smallest absolute Gasteiger partial charge is 0.416 e. The quantitative estimate of drug-likeness (QED) is 0.602. The number of carboxylic acids is 1. The Bertz CT molecular complexity index is 1160. The Morgan fingerprint density at radius 2 is 1.63 bits per heavy atom. The highest BCUT2D eigenvalue weighted by molar-refractivity contribution is 7.89. The Morgan fingerprint density at radius 3 is 2.17 bits per heavy atom. The predicted octanol–water partition coefficient (Wildman–Crippen LogP) is 3.17. The van der Waals surface area contributed by atoms with E-state index in [1.54, 1.807) is 0 Å². The largest absolute Gasteiger partial charge is 0.480 e. The summed E-state index contributed by atoms with van der Waals surface area (Å²) in [5, 5.41) is 12.5. The molecule has 1 aromatic heterocycles. The van der Waals surface area contributed by atoms with Crippen molar-refractivity contribution in [3.05, 3.63) is 54.1 Å². The van der Waals surface area contributed by atoms with Crippen LogP contribution in [-0.4, -0.2) is 35.7 Å². The van der Waals surface area contributed by atoms with Gasteiger partial charge in [-0.25, -0.2) is 8.42 Å². The molecule has 0 radical (unpaired) electrons. The summed E-state index contributed by atoms with van der Waals surface area (Å²) in [5.41, 5.74) is -0.132. The van der Waals surface area contributed by atoms with Gasteiger partial charge >= 0.3 is 12.1 Å². The highest BCUT2D eigenvalue weighted by atomic mass is 32.2. The Balaban J connectivity index is 1.80. The van der Waals surface area contributed by atoms with E-state index < -0.39 is 33.8 Å². The molecule has 0 saturated carbocycles. The molecule has 158 valence electrons. The number of rotatable bonds is 6. The molecule has 0 aliphatic rings. The van der Waals surface area contributed by atoms with Crippen LogP contribution in [0, 0.1) is 0 Å². The van der Waals surface area contributed by atoms with E-state index in [2.05, 4.69) is 10.1 Å². The molecule has 8 nitrogen and oxygen atoms in total. The third kappa shape index (κ3) is 4.66. The molecule has 0 bridgehead atoms. The second-order valence-corrected chi connectivity index (χ2v) is 7.92. The Hall–Kier alpha value is -3.25. The predicted molar refractivity (Wildman–Crippen MR) is 97.6 cm³/mol. The number of alkyl halides is 3. The lowest BCUT2D eigenvalue weighted by Crippen LogP contribution is -2.38. The molecular weight excluding hydrogens is 427 g/mol. The lowest BCUT2D eigenvalue weighted by atomic mass is 10.1. The van der Waals surface area contributed by atoms with Crippen LogP contribution in [0.25, 0.3) is 22.8 Å². The minimum atomic E-state index is -4.46. The zero-order valence-corrected chi connectivity index (χ0v) is 16.0. The van der Waals surface area contributed by atoms with Crippen molar-refractivity contribution in [2.45, 2.75) is 24.0 Å². The summed E-state index contributed by atoms with van der Waals surface area (Å²) in [6.45, 7) is 1.19. The second-order valence-electron chi connectivity index (χ2n) is 6.20. The van der Waals surface area contributed by atoms with Gasteiger partial charge in [-0.3, -0.25) is 4.79 Å². The van der Waals surface area contributed by atoms with Gasteiger partial charge in [0.05, 0.1) is 10.5 Å². The molecule has 3 aromatic rings. The second kappa shape index (κ2) is 7.88. The lowest BCUT2D eigenvalue weighted by Gasteiger charge is -2.10. The molecule has 12 heteroatoms. The molecule has 0 spiro atoms. The van der Waals surface area contributed by atoms with Gasteiger partial charge in [-0.05, 0) is 43.3 Å². The summed E-state index contributed by atoms with van der Waals surface area (Å²) in [4.78, 5) is 14.8. The van der Waals surface area contributed by atoms with Crippen molar-refractivity contribution in [3.8, 4) is 22.8 Å². The number of hydrogen-bond acceptors (Lipinski definition) is 6. The standard InChI is InChI=1S/C18H14F3N3O5S/c1-10(17(25)26)24-30(27,28)14-8-4-12(5-9-14)16-22-15(23-29-16)11-2-6-13(7-3-11)18(19,20)21/h2-10,24H,1H3,(H,25,26). The molecule has 0 amide bonds. The maximum atomic E-state index is 12.6. The summed E-state index contributed by atoms with van der Waals surface area (Å²) in [7, 11) is -4.05. The number of benzene rings is 2. The van der Waals surface area contributed by atoms with Crippen LogP contribution in [0.2, 0.25) is 0 Å². The van der Waals surface area contributed by atoms with Crippen LogP contribution < -0.4 is 4.72 Å². The van der Waals surface area contributed by atoms with Crippen LogP contribution in [0.4, 0.5) is 13.2 Å². The van der Waals surface area contributed by atoms with Gasteiger partial charge in [0, 0.05) is 11.1 Å². The van der Waals surface area contributed by atoms with Crippen LogP contribution in [0.15, 0.2) is 57.9 Å². The summed E-state index contributed by atoms with van der Waals surface area (Å²) in [6, 6.07) is 8.13. The molecule has 1 unspecified atom stereocenters. The number of nitrogens with zero attached hydrogens (tertiary/aromatic N) is 2. The van der Waals surface area contributed by atoms with E-state index >= 15 is 0 Å². The fraction of sp³-hybridized carbons (Fsp3) is 0.167. The lowest BCUT2D eigenvalue weighted by molar-refractivity contribution is -0.139. The molecule has 1 heterocycles. The summed E-state index contributed by atoms with van der Waals surface area (Å²) in [6.07, 6.45) is -4.46. The van der Waals surface area contributed by atoms with Gasteiger partial charge in [0.25, 0.3) is 5.89 Å². The highest BCUT2D eigenvalue weighted by Crippen LogP contribution is 2.31. The van der Waals surface area contributed by atoms with E-state index in [0.29, 0.717) is 11.1 Å². The van der Waals surface area contributed by atoms with Gasteiger partial charge in [-0.2, -0.15) is 22.9 Å². The van der Waals surface area contributed by atoms with E-state index in [4.69, 9.17) is 9.63 Å². The normalized spacial score (nSPS) is 13.2. The van der Waals surface area contributed by atoms with Crippen molar-refractivity contribution >= 4 is 16.0 Å². The van der Waals surface area contributed by atoms with E-state index in [9.17, 15) is 26.4 Å². The average molecular weight is 441 g/mol. The van der Waals surface area contributed by atoms with E-state index in [1.807, 2.05) is 4.72 Å². The Morgan fingerprint density at radius 1 is 1.07 bits per heavy atom. The topological polar surface area (TPSA) is 122 Å². The molecule has 0 fully saturated rings. The average Bonchev–Trinajstić information content (AvgIpc) is 3.17. The first-order valence-corrected chi connectivity index (χ1v) is 9.82. The molecule has 1 atom stereocenters. The van der Waals surface area contributed by atoms with Gasteiger partial charge in [-0.1, -0.05) is 17.3 Å². The van der Waals surface area contributed by atoms with Crippen molar-refractivity contribution in [1.82, 2.24) is 14.9 Å². The Labute approximate surface area is 168 Å². The van der Waals surface area contributed by atoms with E-state index in [0.717, 1.165) is 12.1 Å². The SMILES string of the molecule is CC(NS(=O)(=O)c1ccc(-c2nc(-c3ccc(C(F)(F)F)cc3)no2)cc1)C(=O)O. The number of hydrogen-bond donors (Lipinski definition) is 2. The first-order chi connectivity index (χ1) is 14.0. The number of carbonyl (C=O) groups is 1. The summed E-state index contributed by atoms with van der Waals surface area (Å²) >= 11 is 0. The minimum absolute atomic E-state index is 0.0284. The molecule has 3 rings (SSSR count). The number of carboxylic acid groups (broad SMARTS) is 1. The van der Waals surface area contributed by atoms with E-state index in [1.165, 1.54) is 43.3 Å². The van der Waals surface area contributed by atoms with Crippen LogP contribution >= 0.6 is 0 Å². The molecule has 0 aliphatic carbocycles. The molecule has 2 aromatic carbocycles. The van der Waals surface area contributed by atoms with Crippen molar-refractivity contribution in [2.24, 2.45) is 0 Å². The zero-order chi connectivity index (χ0) is 22.1. The van der Waals surface area contributed by atoms with Crippen molar-refractivity contribution in [1.29, 1.82) is 0 Å². The highest BCUT2D eigenvalue weighted by Gasteiger charge is 2.30. The third-order valence-electron chi connectivity index (χ3n) is 4.01. The number of aromatic nitrogens is 2. The fourth-order valence-corrected chi connectivity index (χ4v) is 3.59. The van der Waals surface area contributed by atoms with Gasteiger partial charge in [0.1, 0.15) is 6.04 Å². The van der Waals surface area contributed by atoms with Crippen molar-refractivity contribution in [2.75, 3.05) is 0 Å². The summed E-state index contributed by atoms with van der Waals surface area (Å²) < 4.78 is 69.4. The molecule has 0 saturated heterocycles. The van der Waals surface area contributed by atoms with Gasteiger partial charge in [-0.15, -0.1) is 0 Å². The number of aliphatic carboxylic acids is 1. The maximum absolute atomic E-state index is 12.6. The first-order valence-electron chi connectivity index (χ1n) is 8.34. The minimum Gasteiger partial charge on any atom is -0.480 e. The fourth-order valence-electron chi connectivity index (χ4n) is 2.39. The number of sulfonamides is 1. The van der Waals surface area contributed by atoms with Crippen LogP contribution in [-0.2, 0) is 21.0 Å². The van der Waals surface area contributed by atoms with Crippen molar-refractivity contribution in [3.63, 3.8) is 0 Å². The van der Waals surface area contributed by atoms with Gasteiger partial charge < -0.3 is 9.63 Å². The Kier molecular flexibility index (Phi) is 5.63. The van der Waals surface area contributed by atoms with Crippen LogP contribution in [0.3, 0.4) is 0 Å². The third-order valence-corrected chi connectivity index (χ3v) is 5.57.